The number of hydrogen-bond acceptors (Lipinski definition) is 2. The van der Waals surface area contributed by atoms with E-state index in [1.165, 1.54) is 0 Å². The van der Waals surface area contributed by atoms with Crippen LogP contribution in [0.4, 0.5) is 14.5 Å². The first-order valence-electron chi connectivity index (χ1n) is 4.50. The van der Waals surface area contributed by atoms with Gasteiger partial charge in [0.25, 0.3) is 0 Å². The van der Waals surface area contributed by atoms with Crippen LogP contribution in [0.5, 0.6) is 0 Å². The molecule has 0 saturated carbocycles. The second kappa shape index (κ2) is 3.58. The molecule has 15 heavy (non-hydrogen) atoms. The Bertz CT molecular complexity index is 367. The summed E-state index contributed by atoms with van der Waals surface area (Å²) in [6.45, 7) is -0.00787. The molecule has 1 aromatic carbocycles. The van der Waals surface area contributed by atoms with Crippen molar-refractivity contribution in [1.82, 2.24) is 0 Å². The van der Waals surface area contributed by atoms with Crippen molar-refractivity contribution in [2.45, 2.75) is 6.11 Å². The fraction of sp³-hybridized carbons (Fsp3) is 0.300. The van der Waals surface area contributed by atoms with Gasteiger partial charge in [0.05, 0.1) is 6.61 Å². The summed E-state index contributed by atoms with van der Waals surface area (Å²) < 4.78 is 29.9. The second-order valence-electron chi connectivity index (χ2n) is 3.16. The molecule has 0 bridgehead atoms. The lowest BCUT2D eigenvalue weighted by molar-refractivity contribution is -0.235. The van der Waals surface area contributed by atoms with Crippen LogP contribution in [0.25, 0.3) is 0 Å². The van der Waals surface area contributed by atoms with Crippen LogP contribution in [0.2, 0.25) is 0 Å². The van der Waals surface area contributed by atoms with E-state index in [-0.39, 0.29) is 13.2 Å². The molecule has 0 atom stereocenters. The molecule has 1 aliphatic rings. The number of hydrogen-bond donors (Lipinski definition) is 0. The fourth-order valence-electron chi connectivity index (χ4n) is 1.44. The zero-order valence-corrected chi connectivity index (χ0v) is 7.82. The second-order valence-corrected chi connectivity index (χ2v) is 3.16. The van der Waals surface area contributed by atoms with E-state index in [4.69, 9.17) is 0 Å². The highest BCUT2D eigenvalue weighted by molar-refractivity contribution is 5.97. The van der Waals surface area contributed by atoms with Crippen LogP contribution >= 0.6 is 0 Å². The zero-order chi connectivity index (χ0) is 10.9. The maximum atomic E-state index is 12.9. The van der Waals surface area contributed by atoms with E-state index in [1.807, 2.05) is 0 Å². The highest BCUT2D eigenvalue weighted by atomic mass is 19.3. The number of anilines is 1. The number of halogens is 2. The van der Waals surface area contributed by atoms with Gasteiger partial charge in [0.2, 0.25) is 0 Å². The number of carbonyl (C=O) groups excluding carboxylic acids is 1. The molecule has 0 spiro atoms. The Morgan fingerprint density at radius 1 is 1.27 bits per heavy atom. The molecule has 1 saturated heterocycles. The minimum Gasteiger partial charge on any atom is -0.311 e. The van der Waals surface area contributed by atoms with E-state index < -0.39 is 12.0 Å². The maximum Gasteiger partial charge on any atom is 0.437 e. The summed E-state index contributed by atoms with van der Waals surface area (Å²) in [6.07, 6.45) is -3.70. The van der Waals surface area contributed by atoms with E-state index in [2.05, 4.69) is 4.74 Å². The van der Waals surface area contributed by atoms with Gasteiger partial charge in [-0.05, 0) is 12.1 Å². The number of benzene rings is 1. The number of carbonyl (C=O) groups is 1. The Kier molecular flexibility index (Phi) is 2.40. The van der Waals surface area contributed by atoms with Crippen LogP contribution in [-0.4, -0.2) is 25.2 Å². The molecule has 1 aromatic rings. The highest BCUT2D eigenvalue weighted by Crippen LogP contribution is 2.26. The van der Waals surface area contributed by atoms with Crippen LogP contribution in [0.1, 0.15) is 0 Å². The third-order valence-corrected chi connectivity index (χ3v) is 2.16. The van der Waals surface area contributed by atoms with Gasteiger partial charge < -0.3 is 9.64 Å². The molecule has 0 aromatic heterocycles. The molecule has 1 fully saturated rings. The normalized spacial score (nSPS) is 20.4. The minimum absolute atomic E-state index is 0.151. The van der Waals surface area contributed by atoms with Gasteiger partial charge in [0.1, 0.15) is 0 Å². The maximum absolute atomic E-state index is 12.9. The minimum atomic E-state index is -3.70. The first kappa shape index (κ1) is 10.0. The SMILES string of the molecule is O=C1N(c2ccccc2)CCOC1(F)F. The molecule has 1 amide bonds. The number of rotatable bonds is 1. The number of morpholine rings is 1. The van der Waals surface area contributed by atoms with Crippen LogP contribution in [-0.2, 0) is 9.53 Å². The Morgan fingerprint density at radius 3 is 2.60 bits per heavy atom. The molecule has 3 nitrogen and oxygen atoms in total. The molecular formula is C10H9F2NO2. The molecule has 5 heteroatoms. The molecule has 0 N–H and O–H groups in total. The summed E-state index contributed by atoms with van der Waals surface area (Å²) in [5.74, 6) is -1.31. The molecular weight excluding hydrogens is 204 g/mol. The Balaban J connectivity index is 2.27. The topological polar surface area (TPSA) is 29.5 Å². The van der Waals surface area contributed by atoms with Gasteiger partial charge in [-0.1, -0.05) is 18.2 Å². The van der Waals surface area contributed by atoms with E-state index in [9.17, 15) is 13.6 Å². The summed E-state index contributed by atoms with van der Waals surface area (Å²) in [6, 6.07) is 8.36. The standard InChI is InChI=1S/C10H9F2NO2/c11-10(12)9(14)13(6-7-15-10)8-4-2-1-3-5-8/h1-5H,6-7H2. The third kappa shape index (κ3) is 1.83. The average molecular weight is 213 g/mol. The summed E-state index contributed by atoms with van der Waals surface area (Å²) in [5.41, 5.74) is 0.463. The predicted octanol–water partition coefficient (Wildman–Crippen LogP) is 1.64. The number of alkyl halides is 2. The van der Waals surface area contributed by atoms with E-state index >= 15 is 0 Å². The van der Waals surface area contributed by atoms with Crippen molar-refractivity contribution in [1.29, 1.82) is 0 Å². The quantitative estimate of drug-likeness (QED) is 0.709. The van der Waals surface area contributed by atoms with Crippen LogP contribution in [0.3, 0.4) is 0 Å². The average Bonchev–Trinajstić information content (AvgIpc) is 2.23. The van der Waals surface area contributed by atoms with Crippen molar-refractivity contribution >= 4 is 11.6 Å². The largest absolute Gasteiger partial charge is 0.437 e. The fourth-order valence-corrected chi connectivity index (χ4v) is 1.44. The van der Waals surface area contributed by atoms with Gasteiger partial charge in [-0.15, -0.1) is 0 Å². The number of para-hydroxylation sites is 1. The highest BCUT2D eigenvalue weighted by Gasteiger charge is 2.47. The van der Waals surface area contributed by atoms with Crippen molar-refractivity contribution in [2.75, 3.05) is 18.1 Å². The molecule has 0 aliphatic carbocycles. The summed E-state index contributed by atoms with van der Waals surface area (Å²) >= 11 is 0. The van der Waals surface area contributed by atoms with E-state index in [1.54, 1.807) is 30.3 Å². The summed E-state index contributed by atoms with van der Waals surface area (Å²) in [4.78, 5) is 12.3. The van der Waals surface area contributed by atoms with Crippen LogP contribution in [0.15, 0.2) is 30.3 Å². The van der Waals surface area contributed by atoms with Crippen molar-refractivity contribution < 1.29 is 18.3 Å². The van der Waals surface area contributed by atoms with Crippen LogP contribution < -0.4 is 4.90 Å². The first-order valence-corrected chi connectivity index (χ1v) is 4.50. The van der Waals surface area contributed by atoms with E-state index in [0.29, 0.717) is 5.69 Å². The Morgan fingerprint density at radius 2 is 1.93 bits per heavy atom. The van der Waals surface area contributed by atoms with Gasteiger partial charge in [-0.2, -0.15) is 8.78 Å². The Labute approximate surface area is 85.3 Å². The molecule has 1 aliphatic heterocycles. The van der Waals surface area contributed by atoms with Gasteiger partial charge in [0, 0.05) is 12.2 Å². The number of amides is 1. The van der Waals surface area contributed by atoms with Crippen LogP contribution in [0, 0.1) is 0 Å². The predicted molar refractivity (Wildman–Crippen MR) is 49.7 cm³/mol. The van der Waals surface area contributed by atoms with Gasteiger partial charge >= 0.3 is 12.0 Å². The molecule has 80 valence electrons. The lowest BCUT2D eigenvalue weighted by Gasteiger charge is -2.31. The van der Waals surface area contributed by atoms with E-state index in [0.717, 1.165) is 4.90 Å². The monoisotopic (exact) mass is 213 g/mol. The molecule has 2 rings (SSSR count). The number of nitrogens with zero attached hydrogens (tertiary/aromatic N) is 1. The van der Waals surface area contributed by atoms with Crippen molar-refractivity contribution in [3.05, 3.63) is 30.3 Å². The van der Waals surface area contributed by atoms with Crippen molar-refractivity contribution in [3.63, 3.8) is 0 Å². The van der Waals surface area contributed by atoms with Gasteiger partial charge in [0.15, 0.2) is 0 Å². The molecule has 0 radical (unpaired) electrons. The van der Waals surface area contributed by atoms with Gasteiger partial charge in [-0.25, -0.2) is 0 Å². The van der Waals surface area contributed by atoms with Crippen molar-refractivity contribution in [3.8, 4) is 0 Å². The molecule has 1 heterocycles. The summed E-state index contributed by atoms with van der Waals surface area (Å²) in [7, 11) is 0. The van der Waals surface area contributed by atoms with Gasteiger partial charge in [-0.3, -0.25) is 4.79 Å². The lowest BCUT2D eigenvalue weighted by atomic mass is 10.2. The number of ether oxygens (including phenoxy) is 1. The molecule has 0 unspecified atom stereocenters. The zero-order valence-electron chi connectivity index (χ0n) is 7.82. The summed E-state index contributed by atoms with van der Waals surface area (Å²) in [5, 5.41) is 0. The van der Waals surface area contributed by atoms with Crippen molar-refractivity contribution in [2.24, 2.45) is 0 Å². The Hall–Kier alpha value is -1.49. The smallest absolute Gasteiger partial charge is 0.311 e. The third-order valence-electron chi connectivity index (χ3n) is 2.16. The lowest BCUT2D eigenvalue weighted by Crippen LogP contribution is -2.52. The first-order chi connectivity index (χ1) is 7.11.